The lowest BCUT2D eigenvalue weighted by atomic mass is 10.2. The Hall–Kier alpha value is -3.07. The number of piperazine rings is 2. The topological polar surface area (TPSA) is 74.2 Å². The quantitative estimate of drug-likeness (QED) is 0.621. The van der Waals surface area contributed by atoms with Gasteiger partial charge in [-0.15, -0.1) is 0 Å². The fourth-order valence-electron chi connectivity index (χ4n) is 4.55. The minimum Gasteiger partial charge on any atom is -0.495 e. The largest absolute Gasteiger partial charge is 0.495 e. The molecular formula is C24H34N6O3. The molecule has 9 heteroatoms. The summed E-state index contributed by atoms with van der Waals surface area (Å²) in [6.45, 7) is 9.60. The minimum atomic E-state index is -0.246. The fraction of sp³-hybridized carbons (Fsp3) is 0.542. The summed E-state index contributed by atoms with van der Waals surface area (Å²) in [5.41, 5.74) is 0.839. The van der Waals surface area contributed by atoms with Crippen molar-refractivity contribution in [2.75, 3.05) is 75.8 Å². The van der Waals surface area contributed by atoms with Gasteiger partial charge in [-0.2, -0.15) is 5.10 Å². The second-order valence-electron chi connectivity index (χ2n) is 8.56. The van der Waals surface area contributed by atoms with Crippen molar-refractivity contribution in [3.63, 3.8) is 0 Å². The Bertz CT molecular complexity index is 994. The van der Waals surface area contributed by atoms with E-state index in [1.807, 2.05) is 23.1 Å². The standard InChI is InChI=1S/C24H34N6O3/c1-3-10-26-11-13-29(14-12-26)24(32)19-30-23(31)9-8-22(25-30)28-17-15-27(16-18-28)20-6-4-5-7-21(20)33-2/h4-9H,3,10-19H2,1-2H3. The van der Waals surface area contributed by atoms with Crippen LogP contribution in [0, 0.1) is 0 Å². The number of rotatable bonds is 7. The van der Waals surface area contributed by atoms with E-state index in [1.165, 1.54) is 10.7 Å². The van der Waals surface area contributed by atoms with Crippen molar-refractivity contribution in [1.82, 2.24) is 19.6 Å². The maximum Gasteiger partial charge on any atom is 0.267 e. The van der Waals surface area contributed by atoms with Gasteiger partial charge < -0.3 is 19.4 Å². The molecule has 0 radical (unpaired) electrons. The van der Waals surface area contributed by atoms with Crippen LogP contribution in [-0.2, 0) is 11.3 Å². The van der Waals surface area contributed by atoms with Crippen LogP contribution in [0.2, 0.25) is 0 Å². The number of hydrogen-bond acceptors (Lipinski definition) is 7. The number of anilines is 2. The van der Waals surface area contributed by atoms with Crippen molar-refractivity contribution < 1.29 is 9.53 Å². The number of para-hydroxylation sites is 2. The smallest absolute Gasteiger partial charge is 0.267 e. The lowest BCUT2D eigenvalue weighted by molar-refractivity contribution is -0.133. The number of nitrogens with zero attached hydrogens (tertiary/aromatic N) is 6. The van der Waals surface area contributed by atoms with E-state index in [9.17, 15) is 9.59 Å². The van der Waals surface area contributed by atoms with Crippen LogP contribution >= 0.6 is 0 Å². The number of benzene rings is 1. The number of ether oxygens (including phenoxy) is 1. The number of carbonyl (C=O) groups excluding carboxylic acids is 1. The van der Waals surface area contributed by atoms with Crippen LogP contribution < -0.4 is 20.1 Å². The molecule has 9 nitrogen and oxygen atoms in total. The summed E-state index contributed by atoms with van der Waals surface area (Å²) in [5.74, 6) is 1.56. The first-order valence-electron chi connectivity index (χ1n) is 11.8. The second kappa shape index (κ2) is 10.7. The Labute approximate surface area is 195 Å². The molecule has 0 atom stereocenters. The Kier molecular flexibility index (Phi) is 7.49. The number of amides is 1. The van der Waals surface area contributed by atoms with Gasteiger partial charge in [-0.3, -0.25) is 14.5 Å². The summed E-state index contributed by atoms with van der Waals surface area (Å²) in [4.78, 5) is 33.9. The highest BCUT2D eigenvalue weighted by Crippen LogP contribution is 2.28. The maximum absolute atomic E-state index is 12.8. The lowest BCUT2D eigenvalue weighted by Crippen LogP contribution is -2.50. The van der Waals surface area contributed by atoms with E-state index in [0.29, 0.717) is 13.1 Å². The Morgan fingerprint density at radius 3 is 2.33 bits per heavy atom. The number of aromatic nitrogens is 2. The average molecular weight is 455 g/mol. The lowest BCUT2D eigenvalue weighted by Gasteiger charge is -2.37. The predicted octanol–water partition coefficient (Wildman–Crippen LogP) is 1.13. The van der Waals surface area contributed by atoms with Gasteiger partial charge in [-0.05, 0) is 31.2 Å². The summed E-state index contributed by atoms with van der Waals surface area (Å²) in [6, 6.07) is 11.3. The van der Waals surface area contributed by atoms with E-state index in [1.54, 1.807) is 13.2 Å². The Morgan fingerprint density at radius 1 is 0.939 bits per heavy atom. The third kappa shape index (κ3) is 5.47. The van der Waals surface area contributed by atoms with Gasteiger partial charge in [0.1, 0.15) is 18.1 Å². The van der Waals surface area contributed by atoms with E-state index in [0.717, 1.165) is 69.5 Å². The van der Waals surface area contributed by atoms with Gasteiger partial charge in [0.05, 0.1) is 12.8 Å². The van der Waals surface area contributed by atoms with Crippen LogP contribution in [0.1, 0.15) is 13.3 Å². The van der Waals surface area contributed by atoms with Gasteiger partial charge in [0.25, 0.3) is 5.56 Å². The van der Waals surface area contributed by atoms with Gasteiger partial charge in [0.2, 0.25) is 5.91 Å². The molecule has 2 aliphatic rings. The second-order valence-corrected chi connectivity index (χ2v) is 8.56. The van der Waals surface area contributed by atoms with Crippen LogP contribution in [0.5, 0.6) is 5.75 Å². The van der Waals surface area contributed by atoms with E-state index in [2.05, 4.69) is 32.8 Å². The molecule has 178 valence electrons. The third-order valence-electron chi connectivity index (χ3n) is 6.43. The molecule has 2 aliphatic heterocycles. The van der Waals surface area contributed by atoms with Crippen molar-refractivity contribution in [1.29, 1.82) is 0 Å². The maximum atomic E-state index is 12.8. The van der Waals surface area contributed by atoms with E-state index >= 15 is 0 Å². The van der Waals surface area contributed by atoms with Crippen molar-refractivity contribution >= 4 is 17.4 Å². The molecule has 0 spiro atoms. The van der Waals surface area contributed by atoms with E-state index in [4.69, 9.17) is 4.74 Å². The normalized spacial score (nSPS) is 17.3. The molecular weight excluding hydrogens is 420 g/mol. The van der Waals surface area contributed by atoms with Gasteiger partial charge in [0.15, 0.2) is 0 Å². The first-order chi connectivity index (χ1) is 16.1. The molecule has 0 aliphatic carbocycles. The monoisotopic (exact) mass is 454 g/mol. The van der Waals surface area contributed by atoms with E-state index < -0.39 is 0 Å². The third-order valence-corrected chi connectivity index (χ3v) is 6.43. The zero-order valence-corrected chi connectivity index (χ0v) is 19.7. The first kappa shape index (κ1) is 23.1. The Morgan fingerprint density at radius 2 is 1.64 bits per heavy atom. The highest BCUT2D eigenvalue weighted by atomic mass is 16.5. The van der Waals surface area contributed by atoms with Gasteiger partial charge >= 0.3 is 0 Å². The molecule has 0 N–H and O–H groups in total. The molecule has 0 bridgehead atoms. The first-order valence-corrected chi connectivity index (χ1v) is 11.8. The summed E-state index contributed by atoms with van der Waals surface area (Å²) in [7, 11) is 1.69. The van der Waals surface area contributed by atoms with Crippen molar-refractivity contribution in [3.8, 4) is 5.75 Å². The molecule has 4 rings (SSSR count). The van der Waals surface area contributed by atoms with Crippen LogP contribution in [-0.4, -0.2) is 91.5 Å². The van der Waals surface area contributed by atoms with Crippen LogP contribution in [0.15, 0.2) is 41.2 Å². The molecule has 33 heavy (non-hydrogen) atoms. The van der Waals surface area contributed by atoms with Gasteiger partial charge in [0, 0.05) is 58.4 Å². The molecule has 0 unspecified atom stereocenters. The summed E-state index contributed by atoms with van der Waals surface area (Å²) in [5, 5.41) is 4.54. The summed E-state index contributed by atoms with van der Waals surface area (Å²) in [6.07, 6.45) is 1.12. The van der Waals surface area contributed by atoms with Crippen LogP contribution in [0.4, 0.5) is 11.5 Å². The molecule has 0 saturated carbocycles. The molecule has 2 saturated heterocycles. The molecule has 2 aromatic rings. The average Bonchev–Trinajstić information content (AvgIpc) is 2.86. The summed E-state index contributed by atoms with van der Waals surface area (Å²) < 4.78 is 6.81. The van der Waals surface area contributed by atoms with Gasteiger partial charge in [-0.25, -0.2) is 4.68 Å². The Balaban J connectivity index is 1.37. The molecule has 3 heterocycles. The fourth-order valence-corrected chi connectivity index (χ4v) is 4.55. The van der Waals surface area contributed by atoms with Gasteiger partial charge in [-0.1, -0.05) is 19.1 Å². The highest BCUT2D eigenvalue weighted by Gasteiger charge is 2.23. The van der Waals surface area contributed by atoms with Crippen LogP contribution in [0.3, 0.4) is 0 Å². The zero-order chi connectivity index (χ0) is 23.2. The number of methoxy groups -OCH3 is 1. The predicted molar refractivity (Wildman–Crippen MR) is 129 cm³/mol. The van der Waals surface area contributed by atoms with Crippen molar-refractivity contribution in [3.05, 3.63) is 46.8 Å². The molecule has 2 fully saturated rings. The molecule has 1 aromatic carbocycles. The van der Waals surface area contributed by atoms with Crippen molar-refractivity contribution in [2.45, 2.75) is 19.9 Å². The number of hydrogen-bond donors (Lipinski definition) is 0. The minimum absolute atomic E-state index is 0.0123. The summed E-state index contributed by atoms with van der Waals surface area (Å²) >= 11 is 0. The van der Waals surface area contributed by atoms with Crippen LogP contribution in [0.25, 0.3) is 0 Å². The molecule has 1 aromatic heterocycles. The zero-order valence-electron chi connectivity index (χ0n) is 19.7. The molecule has 1 amide bonds. The number of carbonyl (C=O) groups is 1. The van der Waals surface area contributed by atoms with E-state index in [-0.39, 0.29) is 18.0 Å². The SMILES string of the molecule is CCCN1CCN(C(=O)Cn2nc(N3CCN(c4ccccc4OC)CC3)ccc2=O)CC1. The van der Waals surface area contributed by atoms with Crippen molar-refractivity contribution in [2.24, 2.45) is 0 Å². The highest BCUT2D eigenvalue weighted by molar-refractivity contribution is 5.76.